The van der Waals surface area contributed by atoms with Crippen LogP contribution < -0.4 is 15.8 Å². The molecule has 0 aliphatic heterocycles. The molecule has 23 heavy (non-hydrogen) atoms. The van der Waals surface area contributed by atoms with Crippen LogP contribution in [0.25, 0.3) is 0 Å². The van der Waals surface area contributed by atoms with E-state index in [1.54, 1.807) is 12.1 Å². The first-order valence-corrected chi connectivity index (χ1v) is 9.73. The van der Waals surface area contributed by atoms with Gasteiger partial charge in [-0.25, -0.2) is 8.42 Å². The average molecular weight is 363 g/mol. The van der Waals surface area contributed by atoms with Crippen molar-refractivity contribution in [1.29, 1.82) is 0 Å². The number of hydrogen-bond acceptors (Lipinski definition) is 5. The number of carbonyl (C=O) groups is 1. The Morgan fingerprint density at radius 1 is 1.43 bits per heavy atom. The second-order valence-corrected chi connectivity index (χ2v) is 8.12. The number of nitrogens with two attached hydrogens (primary N) is 1. The molecule has 0 spiro atoms. The maximum Gasteiger partial charge on any atom is 0.236 e. The van der Waals surface area contributed by atoms with Gasteiger partial charge >= 0.3 is 0 Å². The van der Waals surface area contributed by atoms with E-state index in [2.05, 4.69) is 5.32 Å². The summed E-state index contributed by atoms with van der Waals surface area (Å²) in [6.45, 7) is 2.77. The topological polar surface area (TPSA) is 98.5 Å². The first kappa shape index (κ1) is 19.7. The smallest absolute Gasteiger partial charge is 0.236 e. The van der Waals surface area contributed by atoms with Crippen LogP contribution in [0.1, 0.15) is 18.4 Å². The summed E-state index contributed by atoms with van der Waals surface area (Å²) < 4.78 is 27.7. The Labute approximate surface area is 142 Å². The van der Waals surface area contributed by atoms with Crippen molar-refractivity contribution in [3.63, 3.8) is 0 Å². The Balaban J connectivity index is 2.22. The van der Waals surface area contributed by atoms with Crippen LogP contribution in [0.3, 0.4) is 0 Å². The molecule has 0 fully saturated rings. The molecule has 6 nitrogen and oxygen atoms in total. The van der Waals surface area contributed by atoms with E-state index in [4.69, 9.17) is 22.1 Å². The molecule has 3 N–H and O–H groups in total. The van der Waals surface area contributed by atoms with Gasteiger partial charge in [0.05, 0.1) is 18.4 Å². The van der Waals surface area contributed by atoms with Crippen molar-refractivity contribution in [2.45, 2.75) is 25.8 Å². The van der Waals surface area contributed by atoms with Crippen LogP contribution in [0.2, 0.25) is 5.02 Å². The lowest BCUT2D eigenvalue weighted by molar-refractivity contribution is -0.122. The third kappa shape index (κ3) is 8.20. The maximum atomic E-state index is 11.7. The van der Waals surface area contributed by atoms with Gasteiger partial charge in [-0.3, -0.25) is 4.79 Å². The number of nitrogens with one attached hydrogen (secondary N) is 1. The minimum atomic E-state index is -3.11. The number of carbonyl (C=O) groups excluding carboxylic acids is 1. The fourth-order valence-corrected chi connectivity index (χ4v) is 2.75. The normalized spacial score (nSPS) is 12.7. The van der Waals surface area contributed by atoms with Crippen LogP contribution in [-0.4, -0.2) is 45.5 Å². The molecule has 0 saturated carbocycles. The quantitative estimate of drug-likeness (QED) is 0.645. The fourth-order valence-electron chi connectivity index (χ4n) is 1.84. The summed E-state index contributed by atoms with van der Waals surface area (Å²) in [6.07, 6.45) is 1.85. The van der Waals surface area contributed by atoms with Crippen molar-refractivity contribution < 1.29 is 17.9 Å². The Morgan fingerprint density at radius 2 is 2.13 bits per heavy atom. The van der Waals surface area contributed by atoms with E-state index in [1.165, 1.54) is 0 Å². The van der Waals surface area contributed by atoms with E-state index in [0.29, 0.717) is 24.6 Å². The van der Waals surface area contributed by atoms with Crippen molar-refractivity contribution in [1.82, 2.24) is 5.32 Å². The number of benzene rings is 1. The van der Waals surface area contributed by atoms with E-state index in [9.17, 15) is 13.2 Å². The first-order valence-electron chi connectivity index (χ1n) is 7.29. The highest BCUT2D eigenvalue weighted by molar-refractivity contribution is 7.90. The van der Waals surface area contributed by atoms with Gasteiger partial charge in [0.2, 0.25) is 5.91 Å². The lowest BCUT2D eigenvalue weighted by Crippen LogP contribution is -2.42. The van der Waals surface area contributed by atoms with Crippen molar-refractivity contribution in [2.75, 3.05) is 25.2 Å². The zero-order valence-electron chi connectivity index (χ0n) is 13.3. The summed E-state index contributed by atoms with van der Waals surface area (Å²) in [7, 11) is -3.11. The highest BCUT2D eigenvalue weighted by Crippen LogP contribution is 2.21. The van der Waals surface area contributed by atoms with E-state index in [-0.39, 0.29) is 18.1 Å². The Bertz CT molecular complexity index is 634. The fraction of sp³-hybridized carbons (Fsp3) is 0.533. The monoisotopic (exact) mass is 362 g/mol. The van der Waals surface area contributed by atoms with Gasteiger partial charge in [0.25, 0.3) is 0 Å². The Hall–Kier alpha value is -1.31. The predicted molar refractivity (Wildman–Crippen MR) is 91.6 cm³/mol. The van der Waals surface area contributed by atoms with Gasteiger partial charge in [0, 0.05) is 17.8 Å². The second-order valence-electron chi connectivity index (χ2n) is 5.43. The molecule has 0 radical (unpaired) electrons. The second kappa shape index (κ2) is 9.10. The number of hydrogen-bond donors (Lipinski definition) is 2. The number of halogens is 1. The summed E-state index contributed by atoms with van der Waals surface area (Å²) in [5, 5.41) is 3.33. The van der Waals surface area contributed by atoms with Gasteiger partial charge in [-0.05, 0) is 43.5 Å². The molecule has 1 amide bonds. The summed E-state index contributed by atoms with van der Waals surface area (Å²) in [5.41, 5.74) is 6.59. The van der Waals surface area contributed by atoms with Gasteiger partial charge in [-0.1, -0.05) is 11.6 Å². The molecular formula is C15H23ClN2O4S. The van der Waals surface area contributed by atoms with Crippen molar-refractivity contribution >= 4 is 27.3 Å². The molecule has 0 heterocycles. The van der Waals surface area contributed by atoms with Gasteiger partial charge in [-0.2, -0.15) is 0 Å². The summed E-state index contributed by atoms with van der Waals surface area (Å²) in [5.74, 6) is 0.308. The lowest BCUT2D eigenvalue weighted by Gasteiger charge is -2.12. The molecule has 1 aromatic rings. The van der Waals surface area contributed by atoms with Gasteiger partial charge in [0.1, 0.15) is 15.6 Å². The first-order chi connectivity index (χ1) is 10.7. The molecule has 130 valence electrons. The molecule has 0 bridgehead atoms. The van der Waals surface area contributed by atoms with Gasteiger partial charge < -0.3 is 15.8 Å². The minimum Gasteiger partial charge on any atom is -0.493 e. The summed E-state index contributed by atoms with van der Waals surface area (Å²) in [4.78, 5) is 11.7. The molecule has 0 aliphatic carbocycles. The molecule has 1 aromatic carbocycles. The molecule has 0 saturated heterocycles. The van der Waals surface area contributed by atoms with Crippen LogP contribution in [-0.2, 0) is 14.6 Å². The van der Waals surface area contributed by atoms with Crippen molar-refractivity contribution in [2.24, 2.45) is 5.73 Å². The van der Waals surface area contributed by atoms with E-state index in [0.717, 1.165) is 17.6 Å². The standard InChI is InChI=1S/C15H23ClN2O4S/c1-11-10-12(16)4-5-14(11)22-8-3-7-18-15(19)13(17)6-9-23(2,20)21/h4-5,10,13H,3,6-9,17H2,1-2H3,(H,18,19). The lowest BCUT2D eigenvalue weighted by atomic mass is 10.2. The molecule has 1 unspecified atom stereocenters. The third-order valence-electron chi connectivity index (χ3n) is 3.15. The van der Waals surface area contributed by atoms with Crippen LogP contribution in [0, 0.1) is 6.92 Å². The average Bonchev–Trinajstić information content (AvgIpc) is 2.45. The number of amides is 1. The largest absolute Gasteiger partial charge is 0.493 e. The number of sulfone groups is 1. The van der Waals surface area contributed by atoms with Gasteiger partial charge in [0.15, 0.2) is 0 Å². The van der Waals surface area contributed by atoms with Crippen LogP contribution in [0.5, 0.6) is 5.75 Å². The highest BCUT2D eigenvalue weighted by atomic mass is 35.5. The van der Waals surface area contributed by atoms with E-state index < -0.39 is 15.9 Å². The number of aryl methyl sites for hydroxylation is 1. The zero-order chi connectivity index (χ0) is 17.5. The molecule has 8 heteroatoms. The minimum absolute atomic E-state index is 0.0967. The third-order valence-corrected chi connectivity index (χ3v) is 4.36. The van der Waals surface area contributed by atoms with Crippen LogP contribution in [0.4, 0.5) is 0 Å². The summed E-state index contributed by atoms with van der Waals surface area (Å²) in [6, 6.07) is 4.56. The molecule has 1 atom stereocenters. The number of ether oxygens (including phenoxy) is 1. The van der Waals surface area contributed by atoms with Crippen LogP contribution >= 0.6 is 11.6 Å². The van der Waals surface area contributed by atoms with Crippen LogP contribution in [0.15, 0.2) is 18.2 Å². The van der Waals surface area contributed by atoms with Gasteiger partial charge in [-0.15, -0.1) is 0 Å². The maximum absolute atomic E-state index is 11.7. The number of rotatable bonds is 9. The van der Waals surface area contributed by atoms with Crippen molar-refractivity contribution in [3.8, 4) is 5.75 Å². The highest BCUT2D eigenvalue weighted by Gasteiger charge is 2.15. The molecule has 1 rings (SSSR count). The van der Waals surface area contributed by atoms with E-state index in [1.807, 2.05) is 13.0 Å². The SMILES string of the molecule is Cc1cc(Cl)ccc1OCCCNC(=O)C(N)CCS(C)(=O)=O. The van der Waals surface area contributed by atoms with Crippen molar-refractivity contribution in [3.05, 3.63) is 28.8 Å². The zero-order valence-corrected chi connectivity index (χ0v) is 14.9. The summed E-state index contributed by atoms with van der Waals surface area (Å²) >= 11 is 5.87. The van der Waals surface area contributed by atoms with E-state index >= 15 is 0 Å². The molecule has 0 aromatic heterocycles. The molecular weight excluding hydrogens is 340 g/mol. The predicted octanol–water partition coefficient (Wildman–Crippen LogP) is 1.30. The molecule has 0 aliphatic rings. The Kier molecular flexibility index (Phi) is 7.81. The Morgan fingerprint density at radius 3 is 2.74 bits per heavy atom.